The molecule has 0 radical (unpaired) electrons. The Bertz CT molecular complexity index is 511. The van der Waals surface area contributed by atoms with Gasteiger partial charge in [0.25, 0.3) is 0 Å². The van der Waals surface area contributed by atoms with Crippen molar-refractivity contribution in [3.63, 3.8) is 0 Å². The molecule has 21 heavy (non-hydrogen) atoms. The first kappa shape index (κ1) is 14.2. The molecule has 1 unspecified atom stereocenters. The maximum Gasteiger partial charge on any atom is 0.172 e. The molecule has 0 aliphatic carbocycles. The quantitative estimate of drug-likeness (QED) is 0.795. The third-order valence-electron chi connectivity index (χ3n) is 3.78. The smallest absolute Gasteiger partial charge is 0.172 e. The standard InChI is InChI=1S/C17H19NO3/c19-14-11-21-17(20)16(14)18-15(12-7-3-1-4-8-12)13-9-5-2-6-10-13/h1-10,14-20H,11H2/t14-,16-,17?/m1/s1. The summed E-state index contributed by atoms with van der Waals surface area (Å²) in [6.45, 7) is 0.148. The van der Waals surface area contributed by atoms with Gasteiger partial charge in [0.2, 0.25) is 0 Å². The van der Waals surface area contributed by atoms with Crippen LogP contribution >= 0.6 is 0 Å². The van der Waals surface area contributed by atoms with E-state index < -0.39 is 18.4 Å². The Morgan fingerprint density at radius 1 is 0.905 bits per heavy atom. The van der Waals surface area contributed by atoms with Crippen LogP contribution in [-0.4, -0.2) is 35.3 Å². The van der Waals surface area contributed by atoms with Gasteiger partial charge in [0.05, 0.1) is 24.8 Å². The Hall–Kier alpha value is -1.72. The van der Waals surface area contributed by atoms with Gasteiger partial charge in [-0.15, -0.1) is 0 Å². The van der Waals surface area contributed by atoms with Crippen LogP contribution < -0.4 is 5.32 Å². The molecule has 0 saturated carbocycles. The highest BCUT2D eigenvalue weighted by Crippen LogP contribution is 2.25. The van der Waals surface area contributed by atoms with E-state index >= 15 is 0 Å². The van der Waals surface area contributed by atoms with Gasteiger partial charge in [-0.3, -0.25) is 5.32 Å². The molecule has 110 valence electrons. The summed E-state index contributed by atoms with van der Waals surface area (Å²) in [6, 6.07) is 19.3. The molecule has 1 heterocycles. The van der Waals surface area contributed by atoms with Crippen LogP contribution in [0.4, 0.5) is 0 Å². The van der Waals surface area contributed by atoms with Crippen molar-refractivity contribution in [3.05, 3.63) is 71.8 Å². The predicted molar refractivity (Wildman–Crippen MR) is 79.6 cm³/mol. The number of hydrogen-bond acceptors (Lipinski definition) is 4. The number of aliphatic hydroxyl groups excluding tert-OH is 2. The zero-order valence-electron chi connectivity index (χ0n) is 11.6. The van der Waals surface area contributed by atoms with Crippen molar-refractivity contribution >= 4 is 0 Å². The fraction of sp³-hybridized carbons (Fsp3) is 0.294. The van der Waals surface area contributed by atoms with Crippen LogP contribution in [-0.2, 0) is 4.74 Å². The van der Waals surface area contributed by atoms with Gasteiger partial charge in [-0.1, -0.05) is 60.7 Å². The first-order valence-electron chi connectivity index (χ1n) is 7.09. The van der Waals surface area contributed by atoms with Crippen molar-refractivity contribution in [1.29, 1.82) is 0 Å². The lowest BCUT2D eigenvalue weighted by Crippen LogP contribution is -2.45. The third-order valence-corrected chi connectivity index (χ3v) is 3.78. The summed E-state index contributed by atoms with van der Waals surface area (Å²) in [5.74, 6) is 0. The minimum absolute atomic E-state index is 0.108. The molecule has 0 aromatic heterocycles. The van der Waals surface area contributed by atoms with Crippen LogP contribution in [0.3, 0.4) is 0 Å². The summed E-state index contributed by atoms with van der Waals surface area (Å²) >= 11 is 0. The Kier molecular flexibility index (Phi) is 4.31. The normalized spacial score (nSPS) is 25.4. The summed E-state index contributed by atoms with van der Waals surface area (Å²) in [7, 11) is 0. The Morgan fingerprint density at radius 3 is 1.86 bits per heavy atom. The minimum Gasteiger partial charge on any atom is -0.389 e. The molecule has 1 saturated heterocycles. The zero-order valence-corrected chi connectivity index (χ0v) is 11.6. The molecule has 0 spiro atoms. The monoisotopic (exact) mass is 285 g/mol. The average molecular weight is 285 g/mol. The van der Waals surface area contributed by atoms with E-state index in [0.29, 0.717) is 0 Å². The first-order chi connectivity index (χ1) is 10.3. The second-order valence-electron chi connectivity index (χ2n) is 5.24. The van der Waals surface area contributed by atoms with Gasteiger partial charge < -0.3 is 14.9 Å². The van der Waals surface area contributed by atoms with Gasteiger partial charge in [-0.2, -0.15) is 0 Å². The fourth-order valence-electron chi connectivity index (χ4n) is 2.66. The van der Waals surface area contributed by atoms with E-state index in [1.54, 1.807) is 0 Å². The summed E-state index contributed by atoms with van der Waals surface area (Å²) < 4.78 is 5.09. The molecule has 3 N–H and O–H groups in total. The lowest BCUT2D eigenvalue weighted by Gasteiger charge is -2.26. The van der Waals surface area contributed by atoms with Crippen molar-refractivity contribution in [2.45, 2.75) is 24.5 Å². The van der Waals surface area contributed by atoms with Crippen molar-refractivity contribution < 1.29 is 14.9 Å². The molecule has 0 amide bonds. The molecule has 1 aliphatic rings. The second-order valence-corrected chi connectivity index (χ2v) is 5.24. The molecular formula is C17H19NO3. The Morgan fingerprint density at radius 2 is 1.43 bits per heavy atom. The fourth-order valence-corrected chi connectivity index (χ4v) is 2.66. The van der Waals surface area contributed by atoms with Gasteiger partial charge in [0.15, 0.2) is 6.29 Å². The molecule has 4 nitrogen and oxygen atoms in total. The van der Waals surface area contributed by atoms with Crippen LogP contribution in [0.2, 0.25) is 0 Å². The Labute approximate surface area is 124 Å². The molecule has 0 bridgehead atoms. The van der Waals surface area contributed by atoms with Crippen molar-refractivity contribution in [2.24, 2.45) is 0 Å². The lowest BCUT2D eigenvalue weighted by atomic mass is 9.97. The zero-order chi connectivity index (χ0) is 14.7. The SMILES string of the molecule is OC1OC[C@@H](O)[C@H]1NC(c1ccccc1)c1ccccc1. The van der Waals surface area contributed by atoms with Crippen LogP contribution in [0.1, 0.15) is 17.2 Å². The summed E-state index contributed by atoms with van der Waals surface area (Å²) in [5, 5.41) is 23.1. The number of nitrogens with one attached hydrogen (secondary N) is 1. The molecule has 4 heteroatoms. The van der Waals surface area contributed by atoms with Crippen molar-refractivity contribution in [3.8, 4) is 0 Å². The van der Waals surface area contributed by atoms with Crippen molar-refractivity contribution in [1.82, 2.24) is 5.32 Å². The van der Waals surface area contributed by atoms with Gasteiger partial charge >= 0.3 is 0 Å². The van der Waals surface area contributed by atoms with E-state index in [1.165, 1.54) is 0 Å². The molecule has 2 aromatic carbocycles. The van der Waals surface area contributed by atoms with Crippen molar-refractivity contribution in [2.75, 3.05) is 6.61 Å². The Balaban J connectivity index is 1.90. The lowest BCUT2D eigenvalue weighted by molar-refractivity contribution is -0.0726. The van der Waals surface area contributed by atoms with Crippen LogP contribution in [0.25, 0.3) is 0 Å². The number of hydrogen-bond donors (Lipinski definition) is 3. The van der Waals surface area contributed by atoms with E-state index in [-0.39, 0.29) is 12.6 Å². The summed E-state index contributed by atoms with van der Waals surface area (Å²) in [4.78, 5) is 0. The average Bonchev–Trinajstić information content (AvgIpc) is 2.85. The maximum atomic E-state index is 9.95. The first-order valence-corrected chi connectivity index (χ1v) is 7.09. The highest BCUT2D eigenvalue weighted by atomic mass is 16.6. The maximum absolute atomic E-state index is 9.95. The second kappa shape index (κ2) is 6.37. The predicted octanol–water partition coefficient (Wildman–Crippen LogP) is 1.44. The van der Waals surface area contributed by atoms with Gasteiger partial charge in [-0.05, 0) is 11.1 Å². The van der Waals surface area contributed by atoms with Crippen LogP contribution in [0.15, 0.2) is 60.7 Å². The van der Waals surface area contributed by atoms with Gasteiger partial charge in [0.1, 0.15) is 0 Å². The van der Waals surface area contributed by atoms with E-state index in [0.717, 1.165) is 11.1 Å². The molecule has 1 aliphatic heterocycles. The van der Waals surface area contributed by atoms with Gasteiger partial charge in [-0.25, -0.2) is 0 Å². The number of aliphatic hydroxyl groups is 2. The number of benzene rings is 2. The molecule has 3 rings (SSSR count). The topological polar surface area (TPSA) is 61.7 Å². The largest absolute Gasteiger partial charge is 0.389 e. The number of rotatable bonds is 4. The molecular weight excluding hydrogens is 266 g/mol. The van der Waals surface area contributed by atoms with E-state index in [1.807, 2.05) is 60.7 Å². The number of ether oxygens (including phenoxy) is 1. The minimum atomic E-state index is -0.991. The van der Waals surface area contributed by atoms with E-state index in [9.17, 15) is 10.2 Å². The molecule has 2 aromatic rings. The molecule has 3 atom stereocenters. The van der Waals surface area contributed by atoms with Crippen LogP contribution in [0.5, 0.6) is 0 Å². The van der Waals surface area contributed by atoms with E-state index in [4.69, 9.17) is 4.74 Å². The third kappa shape index (κ3) is 3.14. The van der Waals surface area contributed by atoms with Crippen LogP contribution in [0, 0.1) is 0 Å². The van der Waals surface area contributed by atoms with Gasteiger partial charge in [0, 0.05) is 0 Å². The highest BCUT2D eigenvalue weighted by molar-refractivity contribution is 5.31. The summed E-state index contributed by atoms with van der Waals surface area (Å²) in [5.41, 5.74) is 2.16. The van der Waals surface area contributed by atoms with E-state index in [2.05, 4.69) is 5.32 Å². The highest BCUT2D eigenvalue weighted by Gasteiger charge is 2.36. The molecule has 1 fully saturated rings. The summed E-state index contributed by atoms with van der Waals surface area (Å²) in [6.07, 6.45) is -1.70.